The SMILES string of the molecule is NC(F)C(=O)CP(O)O. The van der Waals surface area contributed by atoms with Crippen LogP contribution in [0.15, 0.2) is 0 Å². The van der Waals surface area contributed by atoms with Gasteiger partial charge >= 0.3 is 0 Å². The first kappa shape index (κ1) is 8.91. The van der Waals surface area contributed by atoms with Crippen molar-refractivity contribution in [3.63, 3.8) is 0 Å². The van der Waals surface area contributed by atoms with Crippen LogP contribution in [0.25, 0.3) is 0 Å². The average Bonchev–Trinajstić information content (AvgIpc) is 1.63. The molecular weight excluding hydrogens is 148 g/mol. The van der Waals surface area contributed by atoms with Crippen LogP contribution >= 0.6 is 8.38 Å². The van der Waals surface area contributed by atoms with Gasteiger partial charge in [0.15, 0.2) is 14.2 Å². The van der Waals surface area contributed by atoms with Gasteiger partial charge in [0.25, 0.3) is 0 Å². The highest BCUT2D eigenvalue weighted by atomic mass is 31.2. The van der Waals surface area contributed by atoms with Crippen molar-refractivity contribution in [3.05, 3.63) is 0 Å². The van der Waals surface area contributed by atoms with E-state index in [1.807, 2.05) is 0 Å². The first-order valence-corrected chi connectivity index (χ1v) is 3.55. The molecule has 0 amide bonds. The van der Waals surface area contributed by atoms with E-state index in [-0.39, 0.29) is 0 Å². The smallest absolute Gasteiger partial charge is 0.208 e. The van der Waals surface area contributed by atoms with Gasteiger partial charge in [-0.25, -0.2) is 4.39 Å². The molecule has 0 aromatic rings. The fourth-order valence-corrected chi connectivity index (χ4v) is 0.680. The third-order valence-corrected chi connectivity index (χ3v) is 1.20. The van der Waals surface area contributed by atoms with Gasteiger partial charge in [-0.15, -0.1) is 0 Å². The quantitative estimate of drug-likeness (QED) is 0.364. The third kappa shape index (κ3) is 4.42. The standard InChI is InChI=1S/C3H7FNO3P/c4-3(5)2(6)1-9(7)8/h3,7-8H,1,5H2. The van der Waals surface area contributed by atoms with Crippen LogP contribution < -0.4 is 5.73 Å². The Morgan fingerprint density at radius 2 is 2.22 bits per heavy atom. The molecule has 0 aromatic heterocycles. The lowest BCUT2D eigenvalue weighted by Gasteiger charge is -2.00. The molecule has 0 saturated heterocycles. The molecule has 4 nitrogen and oxygen atoms in total. The maximum Gasteiger partial charge on any atom is 0.208 e. The molecule has 0 aromatic carbocycles. The summed E-state index contributed by atoms with van der Waals surface area (Å²) in [6.45, 7) is 0. The topological polar surface area (TPSA) is 83.6 Å². The summed E-state index contributed by atoms with van der Waals surface area (Å²) in [4.78, 5) is 26.4. The molecule has 9 heavy (non-hydrogen) atoms. The first-order chi connectivity index (χ1) is 4.04. The predicted octanol–water partition coefficient (Wildman–Crippen LogP) is -0.894. The number of ketones is 1. The Labute approximate surface area is 52.4 Å². The zero-order valence-electron chi connectivity index (χ0n) is 4.49. The van der Waals surface area contributed by atoms with Gasteiger partial charge < -0.3 is 9.79 Å². The molecule has 6 heteroatoms. The minimum absolute atomic E-state index is 0.590. The molecule has 0 saturated carbocycles. The molecule has 0 aliphatic rings. The lowest BCUT2D eigenvalue weighted by atomic mass is 10.4. The number of hydrogen-bond donors (Lipinski definition) is 3. The summed E-state index contributed by atoms with van der Waals surface area (Å²) in [5.41, 5.74) is 4.46. The molecule has 0 bridgehead atoms. The summed E-state index contributed by atoms with van der Waals surface area (Å²) in [5, 5.41) is 0. The number of alkyl halides is 1. The minimum Gasteiger partial charge on any atom is -0.350 e. The Balaban J connectivity index is 3.51. The fraction of sp³-hybridized carbons (Fsp3) is 0.667. The maximum atomic E-state index is 11.7. The van der Waals surface area contributed by atoms with E-state index in [9.17, 15) is 9.18 Å². The third-order valence-electron chi connectivity index (χ3n) is 0.605. The number of carbonyl (C=O) groups is 1. The number of carbonyl (C=O) groups excluding carboxylic acids is 1. The largest absolute Gasteiger partial charge is 0.350 e. The lowest BCUT2D eigenvalue weighted by molar-refractivity contribution is -0.121. The second-order valence-corrected chi connectivity index (χ2v) is 2.46. The minimum atomic E-state index is -2.34. The van der Waals surface area contributed by atoms with Crippen molar-refractivity contribution in [2.75, 3.05) is 6.16 Å². The first-order valence-electron chi connectivity index (χ1n) is 2.11. The molecular formula is C3H7FNO3P. The van der Waals surface area contributed by atoms with Crippen LogP contribution in [0.2, 0.25) is 0 Å². The summed E-state index contributed by atoms with van der Waals surface area (Å²) < 4.78 is 11.7. The summed E-state index contributed by atoms with van der Waals surface area (Å²) >= 11 is 0. The Morgan fingerprint density at radius 1 is 1.78 bits per heavy atom. The van der Waals surface area contributed by atoms with Gasteiger partial charge in [-0.2, -0.15) is 0 Å². The highest BCUT2D eigenvalue weighted by Gasteiger charge is 2.14. The van der Waals surface area contributed by atoms with E-state index < -0.39 is 26.6 Å². The van der Waals surface area contributed by atoms with Gasteiger partial charge in [-0.05, 0) is 0 Å². The van der Waals surface area contributed by atoms with Crippen molar-refractivity contribution >= 4 is 14.2 Å². The van der Waals surface area contributed by atoms with Gasteiger partial charge in [0.05, 0.1) is 6.16 Å². The van der Waals surface area contributed by atoms with Gasteiger partial charge in [-0.3, -0.25) is 10.5 Å². The highest BCUT2D eigenvalue weighted by Crippen LogP contribution is 2.22. The summed E-state index contributed by atoms with van der Waals surface area (Å²) in [5.74, 6) is -0.980. The Hall–Kier alpha value is -0.0900. The van der Waals surface area contributed by atoms with Crippen LogP contribution in [-0.4, -0.2) is 28.0 Å². The molecule has 0 heterocycles. The van der Waals surface area contributed by atoms with Crippen molar-refractivity contribution in [2.24, 2.45) is 5.73 Å². The normalized spacial score (nSPS) is 13.9. The zero-order chi connectivity index (χ0) is 7.44. The number of halogens is 1. The number of hydrogen-bond acceptors (Lipinski definition) is 4. The van der Waals surface area contributed by atoms with Crippen LogP contribution in [0.3, 0.4) is 0 Å². The molecule has 1 unspecified atom stereocenters. The zero-order valence-corrected chi connectivity index (χ0v) is 5.38. The van der Waals surface area contributed by atoms with E-state index in [0.29, 0.717) is 0 Å². The Kier molecular flexibility index (Phi) is 3.81. The lowest BCUT2D eigenvalue weighted by Crippen LogP contribution is -2.27. The average molecular weight is 155 g/mol. The van der Waals surface area contributed by atoms with Crippen molar-refractivity contribution < 1.29 is 19.0 Å². The Bertz CT molecular complexity index is 107. The molecule has 0 fully saturated rings. The summed E-state index contributed by atoms with van der Waals surface area (Å²) in [6.07, 6.45) is -2.68. The van der Waals surface area contributed by atoms with Gasteiger partial charge in [0.2, 0.25) is 6.30 Å². The highest BCUT2D eigenvalue weighted by molar-refractivity contribution is 7.46. The molecule has 54 valence electrons. The maximum absolute atomic E-state index is 11.7. The molecule has 1 atom stereocenters. The van der Waals surface area contributed by atoms with E-state index in [1.54, 1.807) is 0 Å². The molecule has 4 N–H and O–H groups in total. The van der Waals surface area contributed by atoms with Gasteiger partial charge in [-0.1, -0.05) is 0 Å². The number of rotatable bonds is 3. The molecule has 0 aliphatic carbocycles. The van der Waals surface area contributed by atoms with Crippen molar-refractivity contribution in [3.8, 4) is 0 Å². The van der Waals surface area contributed by atoms with Crippen LogP contribution in [0.4, 0.5) is 4.39 Å². The fourth-order valence-electron chi connectivity index (χ4n) is 0.227. The van der Waals surface area contributed by atoms with Crippen LogP contribution in [0.1, 0.15) is 0 Å². The molecule has 0 aliphatic heterocycles. The summed E-state index contributed by atoms with van der Waals surface area (Å²) in [6, 6.07) is 0. The summed E-state index contributed by atoms with van der Waals surface area (Å²) in [7, 11) is -2.34. The molecule has 0 rings (SSSR count). The predicted molar refractivity (Wildman–Crippen MR) is 30.3 cm³/mol. The van der Waals surface area contributed by atoms with E-state index in [2.05, 4.69) is 5.73 Å². The Morgan fingerprint density at radius 3 is 2.33 bits per heavy atom. The van der Waals surface area contributed by atoms with Gasteiger partial charge in [0.1, 0.15) is 0 Å². The second kappa shape index (κ2) is 3.85. The second-order valence-electron chi connectivity index (χ2n) is 1.40. The van der Waals surface area contributed by atoms with Gasteiger partial charge in [0, 0.05) is 0 Å². The van der Waals surface area contributed by atoms with Crippen molar-refractivity contribution in [1.82, 2.24) is 0 Å². The van der Waals surface area contributed by atoms with Crippen LogP contribution in [0.5, 0.6) is 0 Å². The number of Topliss-reactive ketones (excluding diaryl/α,β-unsaturated/α-hetero) is 1. The van der Waals surface area contributed by atoms with Crippen LogP contribution in [0, 0.1) is 0 Å². The van der Waals surface area contributed by atoms with Crippen molar-refractivity contribution in [2.45, 2.75) is 6.30 Å². The molecule has 0 radical (unpaired) electrons. The van der Waals surface area contributed by atoms with E-state index >= 15 is 0 Å². The van der Waals surface area contributed by atoms with Crippen LogP contribution in [-0.2, 0) is 4.79 Å². The van der Waals surface area contributed by atoms with E-state index in [4.69, 9.17) is 9.79 Å². The number of nitrogens with two attached hydrogens (primary N) is 1. The van der Waals surface area contributed by atoms with E-state index in [0.717, 1.165) is 0 Å². The molecule has 0 spiro atoms. The van der Waals surface area contributed by atoms with Crippen molar-refractivity contribution in [1.29, 1.82) is 0 Å². The van der Waals surface area contributed by atoms with E-state index in [1.165, 1.54) is 0 Å². The monoisotopic (exact) mass is 155 g/mol.